The maximum Gasteiger partial charge on any atom is 0.305 e. The van der Waals surface area contributed by atoms with Crippen LogP contribution in [0.4, 0.5) is 0 Å². The Bertz CT molecular complexity index is 147. The average molecular weight is 204 g/mol. The van der Waals surface area contributed by atoms with E-state index < -0.39 is 5.97 Å². The summed E-state index contributed by atoms with van der Waals surface area (Å²) in [6.45, 7) is 5.63. The van der Waals surface area contributed by atoms with E-state index in [1.54, 1.807) is 6.92 Å². The predicted octanol–water partition coefficient (Wildman–Crippen LogP) is 1.68. The Morgan fingerprint density at radius 1 is 1.36 bits per heavy atom. The van der Waals surface area contributed by atoms with Crippen LogP contribution in [0.2, 0.25) is 0 Å². The zero-order valence-electron chi connectivity index (χ0n) is 8.99. The topological polar surface area (TPSA) is 55.8 Å². The SMILES string of the molecule is CCCCOCCOC(C)CC(=O)O. The Balaban J connectivity index is 3.14. The van der Waals surface area contributed by atoms with Crippen LogP contribution < -0.4 is 0 Å². The summed E-state index contributed by atoms with van der Waals surface area (Å²) in [6.07, 6.45) is 2.00. The first-order valence-corrected chi connectivity index (χ1v) is 5.08. The first kappa shape index (κ1) is 13.4. The summed E-state index contributed by atoms with van der Waals surface area (Å²) in [5.41, 5.74) is 0. The fourth-order valence-electron chi connectivity index (χ4n) is 0.962. The molecular weight excluding hydrogens is 184 g/mol. The van der Waals surface area contributed by atoms with Gasteiger partial charge in [0.05, 0.1) is 25.7 Å². The van der Waals surface area contributed by atoms with Gasteiger partial charge in [-0.05, 0) is 13.3 Å². The van der Waals surface area contributed by atoms with Gasteiger partial charge in [-0.1, -0.05) is 13.3 Å². The van der Waals surface area contributed by atoms with Crippen molar-refractivity contribution in [1.82, 2.24) is 0 Å². The molecule has 1 N–H and O–H groups in total. The molecule has 0 aliphatic heterocycles. The lowest BCUT2D eigenvalue weighted by Crippen LogP contribution is -2.16. The van der Waals surface area contributed by atoms with Gasteiger partial charge in [-0.15, -0.1) is 0 Å². The molecule has 14 heavy (non-hydrogen) atoms. The van der Waals surface area contributed by atoms with Crippen molar-refractivity contribution in [2.24, 2.45) is 0 Å². The van der Waals surface area contributed by atoms with Gasteiger partial charge < -0.3 is 14.6 Å². The van der Waals surface area contributed by atoms with Gasteiger partial charge in [-0.3, -0.25) is 4.79 Å². The standard InChI is InChI=1S/C10H20O4/c1-3-4-5-13-6-7-14-9(2)8-10(11)12/h9H,3-8H2,1-2H3,(H,11,12). The molecule has 0 aliphatic rings. The number of unbranched alkanes of at least 4 members (excludes halogenated alkanes) is 1. The van der Waals surface area contributed by atoms with Crippen molar-refractivity contribution in [3.63, 3.8) is 0 Å². The van der Waals surface area contributed by atoms with E-state index in [-0.39, 0.29) is 12.5 Å². The van der Waals surface area contributed by atoms with Crippen LogP contribution in [0.5, 0.6) is 0 Å². The molecule has 0 fully saturated rings. The smallest absolute Gasteiger partial charge is 0.305 e. The molecule has 4 heteroatoms. The van der Waals surface area contributed by atoms with Gasteiger partial charge in [0.15, 0.2) is 0 Å². The van der Waals surface area contributed by atoms with Crippen LogP contribution in [-0.4, -0.2) is 37.0 Å². The highest BCUT2D eigenvalue weighted by molar-refractivity contribution is 5.67. The molecule has 0 heterocycles. The lowest BCUT2D eigenvalue weighted by atomic mass is 10.3. The first-order chi connectivity index (χ1) is 6.66. The van der Waals surface area contributed by atoms with Crippen molar-refractivity contribution in [3.05, 3.63) is 0 Å². The molecule has 1 unspecified atom stereocenters. The molecule has 0 saturated carbocycles. The molecule has 0 aromatic heterocycles. The lowest BCUT2D eigenvalue weighted by Gasteiger charge is -2.10. The van der Waals surface area contributed by atoms with E-state index in [2.05, 4.69) is 6.92 Å². The monoisotopic (exact) mass is 204 g/mol. The molecule has 0 saturated heterocycles. The summed E-state index contributed by atoms with van der Waals surface area (Å²) in [7, 11) is 0. The van der Waals surface area contributed by atoms with Crippen LogP contribution in [-0.2, 0) is 14.3 Å². The first-order valence-electron chi connectivity index (χ1n) is 5.08. The van der Waals surface area contributed by atoms with Crippen LogP contribution >= 0.6 is 0 Å². The van der Waals surface area contributed by atoms with E-state index in [0.717, 1.165) is 19.4 Å². The molecule has 1 atom stereocenters. The molecule has 0 bridgehead atoms. The quantitative estimate of drug-likeness (QED) is 0.580. The van der Waals surface area contributed by atoms with Gasteiger partial charge in [0.1, 0.15) is 0 Å². The van der Waals surface area contributed by atoms with Gasteiger partial charge in [0, 0.05) is 6.61 Å². The Morgan fingerprint density at radius 2 is 2.07 bits per heavy atom. The van der Waals surface area contributed by atoms with Crippen LogP contribution in [0.1, 0.15) is 33.1 Å². The maximum atomic E-state index is 10.3. The molecule has 0 aromatic carbocycles. The molecule has 0 aromatic rings. The van der Waals surface area contributed by atoms with Crippen molar-refractivity contribution in [2.45, 2.75) is 39.2 Å². The highest BCUT2D eigenvalue weighted by atomic mass is 16.5. The molecule has 84 valence electrons. The van der Waals surface area contributed by atoms with Gasteiger partial charge in [-0.2, -0.15) is 0 Å². The lowest BCUT2D eigenvalue weighted by molar-refractivity contribution is -0.140. The zero-order chi connectivity index (χ0) is 10.8. The van der Waals surface area contributed by atoms with Crippen molar-refractivity contribution >= 4 is 5.97 Å². The van der Waals surface area contributed by atoms with E-state index in [0.29, 0.717) is 13.2 Å². The van der Waals surface area contributed by atoms with E-state index >= 15 is 0 Å². The Morgan fingerprint density at radius 3 is 2.64 bits per heavy atom. The summed E-state index contributed by atoms with van der Waals surface area (Å²) < 4.78 is 10.5. The third-order valence-electron chi connectivity index (χ3n) is 1.73. The van der Waals surface area contributed by atoms with Crippen molar-refractivity contribution in [1.29, 1.82) is 0 Å². The second-order valence-electron chi connectivity index (χ2n) is 3.25. The van der Waals surface area contributed by atoms with Crippen LogP contribution in [0.3, 0.4) is 0 Å². The Hall–Kier alpha value is -0.610. The molecular formula is C10H20O4. The molecule has 0 rings (SSSR count). The van der Waals surface area contributed by atoms with Gasteiger partial charge in [0.25, 0.3) is 0 Å². The summed E-state index contributed by atoms with van der Waals surface area (Å²) in [5.74, 6) is -0.829. The molecule has 0 spiro atoms. The number of aliphatic carboxylic acids is 1. The van der Waals surface area contributed by atoms with Gasteiger partial charge in [-0.25, -0.2) is 0 Å². The van der Waals surface area contributed by atoms with E-state index in [9.17, 15) is 4.79 Å². The van der Waals surface area contributed by atoms with Crippen LogP contribution in [0.15, 0.2) is 0 Å². The Labute approximate surface area is 85.2 Å². The second kappa shape index (κ2) is 8.97. The third-order valence-corrected chi connectivity index (χ3v) is 1.73. The van der Waals surface area contributed by atoms with Crippen LogP contribution in [0, 0.1) is 0 Å². The summed E-state index contributed by atoms with van der Waals surface area (Å²) in [6, 6.07) is 0. The minimum atomic E-state index is -0.829. The largest absolute Gasteiger partial charge is 0.481 e. The maximum absolute atomic E-state index is 10.3. The number of carboxylic acids is 1. The van der Waals surface area contributed by atoms with Gasteiger partial charge >= 0.3 is 5.97 Å². The summed E-state index contributed by atoms with van der Waals surface area (Å²) >= 11 is 0. The Kier molecular flexibility index (Phi) is 8.57. The highest BCUT2D eigenvalue weighted by Gasteiger charge is 2.06. The number of carboxylic acid groups (broad SMARTS) is 1. The summed E-state index contributed by atoms with van der Waals surface area (Å²) in [4.78, 5) is 10.3. The number of hydrogen-bond acceptors (Lipinski definition) is 3. The summed E-state index contributed by atoms with van der Waals surface area (Å²) in [5, 5.41) is 8.45. The van der Waals surface area contributed by atoms with E-state index in [1.807, 2.05) is 0 Å². The van der Waals surface area contributed by atoms with E-state index in [4.69, 9.17) is 14.6 Å². The normalized spacial score (nSPS) is 12.7. The predicted molar refractivity (Wildman–Crippen MR) is 53.4 cm³/mol. The fourth-order valence-corrected chi connectivity index (χ4v) is 0.962. The van der Waals surface area contributed by atoms with Gasteiger partial charge in [0.2, 0.25) is 0 Å². The molecule has 0 amide bonds. The molecule has 0 aliphatic carbocycles. The minimum Gasteiger partial charge on any atom is -0.481 e. The molecule has 4 nitrogen and oxygen atoms in total. The number of rotatable bonds is 9. The third kappa shape index (κ3) is 9.48. The van der Waals surface area contributed by atoms with Crippen molar-refractivity contribution in [2.75, 3.05) is 19.8 Å². The number of carbonyl (C=O) groups is 1. The zero-order valence-corrected chi connectivity index (χ0v) is 8.99. The van der Waals surface area contributed by atoms with E-state index in [1.165, 1.54) is 0 Å². The second-order valence-corrected chi connectivity index (χ2v) is 3.25. The number of ether oxygens (including phenoxy) is 2. The van der Waals surface area contributed by atoms with Crippen molar-refractivity contribution in [3.8, 4) is 0 Å². The highest BCUT2D eigenvalue weighted by Crippen LogP contribution is 1.97. The minimum absolute atomic E-state index is 0.0506. The average Bonchev–Trinajstić information content (AvgIpc) is 2.10. The fraction of sp³-hybridized carbons (Fsp3) is 0.900. The van der Waals surface area contributed by atoms with Crippen LogP contribution in [0.25, 0.3) is 0 Å². The molecule has 0 radical (unpaired) electrons. The van der Waals surface area contributed by atoms with Crippen molar-refractivity contribution < 1.29 is 19.4 Å². The number of hydrogen-bond donors (Lipinski definition) is 1.